The maximum atomic E-state index is 14.3. The molecule has 3 aromatic rings. The topological polar surface area (TPSA) is 69.5 Å². The van der Waals surface area contributed by atoms with Crippen LogP contribution in [0.1, 0.15) is 22.9 Å². The molecule has 2 aromatic carbocycles. The Morgan fingerprint density at radius 1 is 1.21 bits per heavy atom. The van der Waals surface area contributed by atoms with Crippen molar-refractivity contribution in [2.75, 3.05) is 24.7 Å². The first-order chi connectivity index (χ1) is 16.7. The largest absolute Gasteiger partial charge is 0.485 e. The van der Waals surface area contributed by atoms with Crippen LogP contribution in [0.25, 0.3) is 0 Å². The second-order valence-corrected chi connectivity index (χ2v) is 9.86. The quantitative estimate of drug-likeness (QED) is 0.351. The number of para-hydroxylation sites is 2. The van der Waals surface area contributed by atoms with Gasteiger partial charge in [0.2, 0.25) is 5.91 Å². The van der Waals surface area contributed by atoms with Crippen LogP contribution in [0.4, 0.5) is 4.39 Å². The van der Waals surface area contributed by atoms with E-state index in [1.165, 1.54) is 17.8 Å². The lowest BCUT2D eigenvalue weighted by Crippen LogP contribution is -2.32. The zero-order valence-electron chi connectivity index (χ0n) is 18.3. The number of amides is 1. The first-order valence-electron chi connectivity index (χ1n) is 10.9. The van der Waals surface area contributed by atoms with Crippen LogP contribution in [0.15, 0.2) is 66.3 Å². The number of halogens is 1. The second-order valence-electron chi connectivity index (χ2n) is 7.72. The maximum Gasteiger partial charge on any atom is 0.234 e. The van der Waals surface area contributed by atoms with E-state index in [-0.39, 0.29) is 22.9 Å². The zero-order valence-corrected chi connectivity index (χ0v) is 19.9. The van der Waals surface area contributed by atoms with Crippen molar-refractivity contribution in [3.8, 4) is 11.5 Å². The number of hydrogen-bond donors (Lipinski definition) is 0. The highest BCUT2D eigenvalue weighted by Crippen LogP contribution is 2.40. The summed E-state index contributed by atoms with van der Waals surface area (Å²) in [5.41, 5.74) is 0.537. The summed E-state index contributed by atoms with van der Waals surface area (Å²) in [4.78, 5) is 14.8. The van der Waals surface area contributed by atoms with Crippen LogP contribution < -0.4 is 9.47 Å². The van der Waals surface area contributed by atoms with Crippen molar-refractivity contribution in [3.63, 3.8) is 0 Å². The number of carbonyl (C=O) groups excluding carboxylic acids is 1. The highest BCUT2D eigenvalue weighted by Gasteiger charge is 2.33. The summed E-state index contributed by atoms with van der Waals surface area (Å²) in [6.45, 7) is 5.20. The van der Waals surface area contributed by atoms with E-state index in [1.54, 1.807) is 40.9 Å². The second kappa shape index (κ2) is 10.1. The van der Waals surface area contributed by atoms with Gasteiger partial charge >= 0.3 is 0 Å². The lowest BCUT2D eigenvalue weighted by Gasteiger charge is -2.26. The predicted octanol–water partition coefficient (Wildman–Crippen LogP) is 4.48. The molecule has 7 nitrogen and oxygen atoms in total. The third-order valence-electron chi connectivity index (χ3n) is 5.56. The number of allylic oxidation sites excluding steroid dienone is 1. The molecule has 0 aliphatic carbocycles. The number of hydrogen-bond acceptors (Lipinski definition) is 7. The fourth-order valence-electron chi connectivity index (χ4n) is 3.96. The van der Waals surface area contributed by atoms with Crippen LogP contribution in [0.3, 0.4) is 0 Å². The third-order valence-corrected chi connectivity index (χ3v) is 7.76. The van der Waals surface area contributed by atoms with E-state index in [4.69, 9.17) is 9.47 Å². The van der Waals surface area contributed by atoms with E-state index in [1.807, 2.05) is 28.8 Å². The molecule has 2 atom stereocenters. The van der Waals surface area contributed by atoms with Gasteiger partial charge < -0.3 is 14.4 Å². The minimum atomic E-state index is -0.423. The molecule has 1 aromatic heterocycles. The molecular weight excluding hydrogens is 475 g/mol. The van der Waals surface area contributed by atoms with E-state index >= 15 is 0 Å². The molecule has 2 aliphatic rings. The Bertz CT molecular complexity index is 1200. The first kappa shape index (κ1) is 22.8. The SMILES string of the molecule is C=CCn1c(SCC(=O)N2CCS[C@H]2c2ccccc2F)nnc1[C@H]1COc2ccccc2O1. The molecule has 1 amide bonds. The fraction of sp³-hybridized carbons (Fsp3) is 0.292. The number of thioether (sulfide) groups is 2. The highest BCUT2D eigenvalue weighted by molar-refractivity contribution is 8.00. The molecule has 0 radical (unpaired) electrons. The summed E-state index contributed by atoms with van der Waals surface area (Å²) in [6.07, 6.45) is 1.33. The first-order valence-corrected chi connectivity index (χ1v) is 12.9. The molecule has 0 spiro atoms. The Balaban J connectivity index is 1.29. The van der Waals surface area contributed by atoms with Crippen molar-refractivity contribution in [1.29, 1.82) is 0 Å². The van der Waals surface area contributed by atoms with E-state index in [0.717, 1.165) is 5.75 Å². The molecule has 176 valence electrons. The summed E-state index contributed by atoms with van der Waals surface area (Å²) >= 11 is 2.88. The Kier molecular flexibility index (Phi) is 6.77. The number of rotatable bonds is 7. The smallest absolute Gasteiger partial charge is 0.234 e. The molecule has 1 fully saturated rings. The van der Waals surface area contributed by atoms with Crippen LogP contribution in [0.2, 0.25) is 0 Å². The van der Waals surface area contributed by atoms with Crippen molar-refractivity contribution in [2.24, 2.45) is 0 Å². The molecule has 3 heterocycles. The molecule has 10 heteroatoms. The highest BCUT2D eigenvalue weighted by atomic mass is 32.2. The van der Waals surface area contributed by atoms with Gasteiger partial charge in [-0.1, -0.05) is 48.2 Å². The lowest BCUT2D eigenvalue weighted by molar-refractivity contribution is -0.128. The van der Waals surface area contributed by atoms with Crippen molar-refractivity contribution in [2.45, 2.75) is 23.2 Å². The molecule has 1 saturated heterocycles. The van der Waals surface area contributed by atoms with E-state index in [0.29, 0.717) is 47.7 Å². The van der Waals surface area contributed by atoms with Gasteiger partial charge in [0.15, 0.2) is 28.6 Å². The summed E-state index contributed by atoms with van der Waals surface area (Å²) in [7, 11) is 0. The van der Waals surface area contributed by atoms with Crippen LogP contribution in [0.5, 0.6) is 11.5 Å². The van der Waals surface area contributed by atoms with Gasteiger partial charge in [-0.25, -0.2) is 4.39 Å². The van der Waals surface area contributed by atoms with Crippen LogP contribution in [-0.2, 0) is 11.3 Å². The molecule has 34 heavy (non-hydrogen) atoms. The Morgan fingerprint density at radius 2 is 2.00 bits per heavy atom. The summed E-state index contributed by atoms with van der Waals surface area (Å²) in [6, 6.07) is 14.1. The molecular formula is C24H23FN4O3S2. The van der Waals surface area contributed by atoms with Crippen molar-refractivity contribution in [3.05, 3.63) is 78.4 Å². The van der Waals surface area contributed by atoms with Gasteiger partial charge in [0.1, 0.15) is 17.8 Å². The molecule has 5 rings (SSSR count). The summed E-state index contributed by atoms with van der Waals surface area (Å²) in [5.74, 6) is 2.55. The standard InChI is InChI=1S/C24H23FN4O3S2/c1-2-11-29-22(20-14-31-18-9-5-6-10-19(18)32-20)26-27-24(29)34-15-21(30)28-12-13-33-23(28)16-7-3-4-8-17(16)25/h2-10,20,23H,1,11-15H2/t20-,23+/m1/s1. The van der Waals surface area contributed by atoms with Crippen LogP contribution >= 0.6 is 23.5 Å². The van der Waals surface area contributed by atoms with Gasteiger partial charge in [0.05, 0.1) is 5.75 Å². The lowest BCUT2D eigenvalue weighted by atomic mass is 10.2. The minimum Gasteiger partial charge on any atom is -0.485 e. The minimum absolute atomic E-state index is 0.0656. The summed E-state index contributed by atoms with van der Waals surface area (Å²) in [5, 5.41) is 8.94. The normalized spacial score (nSPS) is 19.3. The number of carbonyl (C=O) groups is 1. The van der Waals surface area contributed by atoms with E-state index in [9.17, 15) is 9.18 Å². The third kappa shape index (κ3) is 4.52. The van der Waals surface area contributed by atoms with E-state index < -0.39 is 6.10 Å². The number of aromatic nitrogens is 3. The van der Waals surface area contributed by atoms with Gasteiger partial charge in [-0.15, -0.1) is 28.5 Å². The van der Waals surface area contributed by atoms with Gasteiger partial charge in [0, 0.05) is 24.4 Å². The predicted molar refractivity (Wildman–Crippen MR) is 130 cm³/mol. The summed E-state index contributed by atoms with van der Waals surface area (Å²) < 4.78 is 28.1. The van der Waals surface area contributed by atoms with Gasteiger partial charge in [-0.2, -0.15) is 0 Å². The van der Waals surface area contributed by atoms with Crippen LogP contribution in [-0.4, -0.2) is 50.2 Å². The van der Waals surface area contributed by atoms with Gasteiger partial charge in [-0.3, -0.25) is 9.36 Å². The molecule has 0 N–H and O–H groups in total. The maximum absolute atomic E-state index is 14.3. The average Bonchev–Trinajstić information content (AvgIpc) is 3.50. The zero-order chi connectivity index (χ0) is 23.5. The van der Waals surface area contributed by atoms with Crippen molar-refractivity contribution in [1.82, 2.24) is 19.7 Å². The van der Waals surface area contributed by atoms with Crippen molar-refractivity contribution >= 4 is 29.4 Å². The van der Waals surface area contributed by atoms with Crippen molar-refractivity contribution < 1.29 is 18.7 Å². The Labute approximate surface area is 205 Å². The monoisotopic (exact) mass is 498 g/mol. The van der Waals surface area contributed by atoms with Crippen LogP contribution in [0, 0.1) is 5.82 Å². The van der Waals surface area contributed by atoms with Gasteiger partial charge in [0.25, 0.3) is 0 Å². The Morgan fingerprint density at radius 3 is 2.82 bits per heavy atom. The molecule has 0 bridgehead atoms. The average molecular weight is 499 g/mol. The number of fused-ring (bicyclic) bond motifs is 1. The van der Waals surface area contributed by atoms with Gasteiger partial charge in [-0.05, 0) is 18.2 Å². The number of ether oxygens (including phenoxy) is 2. The molecule has 0 saturated carbocycles. The molecule has 0 unspecified atom stereocenters. The number of nitrogens with zero attached hydrogens (tertiary/aromatic N) is 4. The van der Waals surface area contributed by atoms with E-state index in [2.05, 4.69) is 16.8 Å². The number of benzene rings is 2. The Hall–Kier alpha value is -2.98. The molecule has 2 aliphatic heterocycles. The fourth-order valence-corrected chi connectivity index (χ4v) is 6.10.